The topological polar surface area (TPSA) is 118 Å². The van der Waals surface area contributed by atoms with Gasteiger partial charge < -0.3 is 11.1 Å². The Kier molecular flexibility index (Phi) is 5.60. The summed E-state index contributed by atoms with van der Waals surface area (Å²) in [6.45, 7) is 0. The lowest BCUT2D eigenvalue weighted by Crippen LogP contribution is -2.18. The first-order chi connectivity index (χ1) is 13.8. The van der Waals surface area contributed by atoms with Crippen molar-refractivity contribution in [3.8, 4) is 0 Å². The lowest BCUT2D eigenvalue weighted by molar-refractivity contribution is 0.0996. The summed E-state index contributed by atoms with van der Waals surface area (Å²) in [5.74, 6) is -2.34. The van der Waals surface area contributed by atoms with Gasteiger partial charge in [0.25, 0.3) is 15.9 Å². The molecule has 0 spiro atoms. The minimum absolute atomic E-state index is 0.0793. The predicted molar refractivity (Wildman–Crippen MR) is 107 cm³/mol. The number of anilines is 2. The summed E-state index contributed by atoms with van der Waals surface area (Å²) in [5.41, 5.74) is 5.85. The van der Waals surface area contributed by atoms with E-state index in [2.05, 4.69) is 10.0 Å². The molecule has 4 N–H and O–H groups in total. The van der Waals surface area contributed by atoms with E-state index in [1.54, 1.807) is 18.2 Å². The van der Waals surface area contributed by atoms with Crippen LogP contribution < -0.4 is 15.8 Å². The normalized spacial score (nSPS) is 10.9. The van der Waals surface area contributed by atoms with Crippen molar-refractivity contribution in [1.82, 2.24) is 0 Å². The molecule has 0 atom stereocenters. The minimum atomic E-state index is -4.26. The maximum absolute atomic E-state index is 14.2. The highest BCUT2D eigenvalue weighted by Gasteiger charge is 2.21. The van der Waals surface area contributed by atoms with E-state index in [4.69, 9.17) is 5.73 Å². The van der Waals surface area contributed by atoms with Gasteiger partial charge in [0.15, 0.2) is 0 Å². The van der Waals surface area contributed by atoms with Crippen molar-refractivity contribution in [3.63, 3.8) is 0 Å². The molecule has 2 amide bonds. The van der Waals surface area contributed by atoms with E-state index in [1.807, 2.05) is 0 Å². The van der Waals surface area contributed by atoms with Gasteiger partial charge in [-0.25, -0.2) is 12.8 Å². The predicted octanol–water partition coefficient (Wildman–Crippen LogP) is 2.98. The van der Waals surface area contributed by atoms with Crippen LogP contribution in [-0.2, 0) is 10.0 Å². The fourth-order valence-electron chi connectivity index (χ4n) is 2.52. The number of carbonyl (C=O) groups is 2. The van der Waals surface area contributed by atoms with Gasteiger partial charge >= 0.3 is 0 Å². The molecule has 3 aromatic rings. The molecule has 7 nitrogen and oxygen atoms in total. The summed E-state index contributed by atoms with van der Waals surface area (Å²) in [7, 11) is -4.26. The van der Waals surface area contributed by atoms with Crippen LogP contribution in [0.3, 0.4) is 0 Å². The number of primary amides is 1. The van der Waals surface area contributed by atoms with Crippen LogP contribution in [0.4, 0.5) is 15.8 Å². The molecule has 3 aromatic carbocycles. The molecule has 0 aromatic heterocycles. The number of benzene rings is 3. The van der Waals surface area contributed by atoms with Crippen molar-refractivity contribution in [3.05, 3.63) is 89.7 Å². The molecule has 0 fully saturated rings. The largest absolute Gasteiger partial charge is 0.366 e. The van der Waals surface area contributed by atoms with Crippen LogP contribution in [0.5, 0.6) is 0 Å². The Morgan fingerprint density at radius 1 is 0.828 bits per heavy atom. The molecule has 0 aliphatic rings. The third kappa shape index (κ3) is 4.77. The highest BCUT2D eigenvalue weighted by Crippen LogP contribution is 2.21. The summed E-state index contributed by atoms with van der Waals surface area (Å²) in [6, 6.07) is 16.9. The fourth-order valence-corrected chi connectivity index (χ4v) is 3.68. The average molecular weight is 413 g/mol. The van der Waals surface area contributed by atoms with Crippen molar-refractivity contribution in [2.75, 3.05) is 10.0 Å². The SMILES string of the molecule is NC(=O)c1cccc(NC(=O)c2ccc(F)c(S(=O)(=O)Nc3ccccc3)c2)c1. The van der Waals surface area contributed by atoms with Crippen molar-refractivity contribution in [2.45, 2.75) is 4.90 Å². The number of nitrogens with one attached hydrogen (secondary N) is 2. The van der Waals surface area contributed by atoms with Crippen LogP contribution in [0, 0.1) is 5.82 Å². The third-order valence-electron chi connectivity index (χ3n) is 3.91. The standard InChI is InChI=1S/C20H16FN3O4S/c21-17-10-9-14(20(26)23-16-8-4-5-13(11-16)19(22)25)12-18(17)29(27,28)24-15-6-2-1-3-7-15/h1-12,24H,(H2,22,25)(H,23,26). The summed E-state index contributed by atoms with van der Waals surface area (Å²) in [6.07, 6.45) is 0. The van der Waals surface area contributed by atoms with Gasteiger partial charge in [-0.15, -0.1) is 0 Å². The van der Waals surface area contributed by atoms with Crippen LogP contribution >= 0.6 is 0 Å². The smallest absolute Gasteiger partial charge is 0.264 e. The number of nitrogens with two attached hydrogens (primary N) is 1. The second-order valence-electron chi connectivity index (χ2n) is 6.02. The molecule has 0 unspecified atom stereocenters. The first-order valence-corrected chi connectivity index (χ1v) is 9.83. The summed E-state index contributed by atoms with van der Waals surface area (Å²) in [4.78, 5) is 23.1. The molecule has 29 heavy (non-hydrogen) atoms. The van der Waals surface area contributed by atoms with E-state index >= 15 is 0 Å². The molecule has 0 saturated carbocycles. The Morgan fingerprint density at radius 3 is 2.21 bits per heavy atom. The van der Waals surface area contributed by atoms with Crippen molar-refractivity contribution < 1.29 is 22.4 Å². The molecular weight excluding hydrogens is 397 g/mol. The molecule has 0 saturated heterocycles. The maximum atomic E-state index is 14.2. The van der Waals surface area contributed by atoms with Gasteiger partial charge in [0, 0.05) is 22.5 Å². The van der Waals surface area contributed by atoms with Crippen LogP contribution in [-0.4, -0.2) is 20.2 Å². The molecule has 0 aliphatic carbocycles. The molecule has 3 rings (SSSR count). The Balaban J connectivity index is 1.87. The van der Waals surface area contributed by atoms with Gasteiger partial charge in [0.1, 0.15) is 10.7 Å². The van der Waals surface area contributed by atoms with E-state index in [0.29, 0.717) is 0 Å². The molecule has 0 aliphatic heterocycles. The van der Waals surface area contributed by atoms with Gasteiger partial charge in [0.05, 0.1) is 0 Å². The molecule has 0 bridgehead atoms. The van der Waals surface area contributed by atoms with Crippen LogP contribution in [0.2, 0.25) is 0 Å². The Hall–Kier alpha value is -3.72. The van der Waals surface area contributed by atoms with E-state index in [1.165, 1.54) is 36.4 Å². The zero-order chi connectivity index (χ0) is 21.0. The van der Waals surface area contributed by atoms with Crippen molar-refractivity contribution in [1.29, 1.82) is 0 Å². The highest BCUT2D eigenvalue weighted by molar-refractivity contribution is 7.92. The van der Waals surface area contributed by atoms with Gasteiger partial charge in [-0.05, 0) is 48.5 Å². The van der Waals surface area contributed by atoms with Gasteiger partial charge in [-0.3, -0.25) is 14.3 Å². The number of carbonyl (C=O) groups excluding carboxylic acids is 2. The van der Waals surface area contributed by atoms with E-state index in [-0.39, 0.29) is 22.5 Å². The van der Waals surface area contributed by atoms with Gasteiger partial charge in [0.2, 0.25) is 5.91 Å². The van der Waals surface area contributed by atoms with Gasteiger partial charge in [-0.2, -0.15) is 0 Å². The number of para-hydroxylation sites is 1. The Labute approximate surface area is 166 Å². The van der Waals surface area contributed by atoms with Crippen molar-refractivity contribution >= 4 is 33.2 Å². The molecule has 0 radical (unpaired) electrons. The fraction of sp³-hybridized carbons (Fsp3) is 0. The number of sulfonamides is 1. The van der Waals surface area contributed by atoms with Crippen molar-refractivity contribution in [2.24, 2.45) is 5.73 Å². The van der Waals surface area contributed by atoms with Crippen LogP contribution in [0.15, 0.2) is 77.7 Å². The second-order valence-corrected chi connectivity index (χ2v) is 7.67. The number of amides is 2. The van der Waals surface area contributed by atoms with Gasteiger partial charge in [-0.1, -0.05) is 24.3 Å². The minimum Gasteiger partial charge on any atom is -0.366 e. The lowest BCUT2D eigenvalue weighted by Gasteiger charge is -2.11. The summed E-state index contributed by atoms with van der Waals surface area (Å²) < 4.78 is 41.5. The van der Waals surface area contributed by atoms with Crippen LogP contribution in [0.25, 0.3) is 0 Å². The maximum Gasteiger partial charge on any atom is 0.264 e. The monoisotopic (exact) mass is 413 g/mol. The Morgan fingerprint density at radius 2 is 1.52 bits per heavy atom. The van der Waals surface area contributed by atoms with E-state index in [0.717, 1.165) is 18.2 Å². The molecule has 0 heterocycles. The molecule has 9 heteroatoms. The lowest BCUT2D eigenvalue weighted by atomic mass is 10.1. The Bertz CT molecular complexity index is 1180. The average Bonchev–Trinajstić information content (AvgIpc) is 2.68. The molecule has 148 valence electrons. The first kappa shape index (κ1) is 20.0. The highest BCUT2D eigenvalue weighted by atomic mass is 32.2. The first-order valence-electron chi connectivity index (χ1n) is 8.35. The number of hydrogen-bond acceptors (Lipinski definition) is 4. The summed E-state index contributed by atoms with van der Waals surface area (Å²) >= 11 is 0. The number of rotatable bonds is 6. The second kappa shape index (κ2) is 8.11. The zero-order valence-electron chi connectivity index (χ0n) is 14.9. The number of halogens is 1. The van der Waals surface area contributed by atoms with E-state index in [9.17, 15) is 22.4 Å². The number of hydrogen-bond donors (Lipinski definition) is 3. The van der Waals surface area contributed by atoms with E-state index < -0.39 is 32.6 Å². The zero-order valence-corrected chi connectivity index (χ0v) is 15.7. The third-order valence-corrected chi connectivity index (χ3v) is 5.31. The van der Waals surface area contributed by atoms with Crippen LogP contribution in [0.1, 0.15) is 20.7 Å². The summed E-state index contributed by atoms with van der Waals surface area (Å²) in [5, 5.41) is 2.52. The quantitative estimate of drug-likeness (QED) is 0.576. The molecular formula is C20H16FN3O4S.